The van der Waals surface area contributed by atoms with Gasteiger partial charge in [-0.1, -0.05) is 63.1 Å². The number of unbranched alkanes of at least 4 members (excludes halogenated alkanes) is 5. The number of aryl methyl sites for hydroxylation is 1. The molecule has 1 unspecified atom stereocenters. The Balaban J connectivity index is 2.41. The van der Waals surface area contributed by atoms with Crippen molar-refractivity contribution in [1.82, 2.24) is 5.32 Å². The first-order chi connectivity index (χ1) is 10.2. The number of hydrogen-bond donors (Lipinski definition) is 1. The van der Waals surface area contributed by atoms with Crippen molar-refractivity contribution < 1.29 is 4.74 Å². The highest BCUT2D eigenvalue weighted by Gasteiger charge is 2.11. The summed E-state index contributed by atoms with van der Waals surface area (Å²) in [7, 11) is 3.83. The van der Waals surface area contributed by atoms with E-state index in [0.717, 1.165) is 12.2 Å². The van der Waals surface area contributed by atoms with Crippen LogP contribution < -0.4 is 10.1 Å². The van der Waals surface area contributed by atoms with Gasteiger partial charge in [0.05, 0.1) is 7.11 Å². The van der Waals surface area contributed by atoms with E-state index >= 15 is 0 Å². The maximum absolute atomic E-state index is 5.49. The predicted octanol–water partition coefficient (Wildman–Crippen LogP) is 4.88. The maximum atomic E-state index is 5.49. The molecular formula is C19H33NO. The summed E-state index contributed by atoms with van der Waals surface area (Å²) < 4.78 is 5.49. The van der Waals surface area contributed by atoms with Crippen LogP contribution in [0.5, 0.6) is 5.75 Å². The van der Waals surface area contributed by atoms with Crippen molar-refractivity contribution in [3.63, 3.8) is 0 Å². The molecule has 2 heteroatoms. The Morgan fingerprint density at radius 2 is 1.81 bits per heavy atom. The standard InChI is InChI=1S/C19H33NO/c1-5-6-7-8-9-10-11-18(20-3)15-17-14-16(2)12-13-19(17)21-4/h12-14,18,20H,5-11,15H2,1-4H3. The molecule has 0 heterocycles. The molecule has 0 aliphatic carbocycles. The minimum absolute atomic E-state index is 0.548. The molecule has 0 saturated heterocycles. The van der Waals surface area contributed by atoms with Crippen molar-refractivity contribution in [3.05, 3.63) is 29.3 Å². The summed E-state index contributed by atoms with van der Waals surface area (Å²) in [5, 5.41) is 3.47. The molecule has 0 aliphatic heterocycles. The molecule has 1 aromatic rings. The molecule has 1 N–H and O–H groups in total. The van der Waals surface area contributed by atoms with Crippen LogP contribution in [0.3, 0.4) is 0 Å². The molecule has 0 bridgehead atoms. The van der Waals surface area contributed by atoms with Crippen LogP contribution >= 0.6 is 0 Å². The number of ether oxygens (including phenoxy) is 1. The minimum atomic E-state index is 0.548. The van der Waals surface area contributed by atoms with Crippen molar-refractivity contribution in [1.29, 1.82) is 0 Å². The molecule has 1 atom stereocenters. The lowest BCUT2D eigenvalue weighted by atomic mass is 9.98. The third-order valence-corrected chi connectivity index (χ3v) is 4.22. The lowest BCUT2D eigenvalue weighted by Crippen LogP contribution is -2.27. The molecule has 0 fully saturated rings. The smallest absolute Gasteiger partial charge is 0.122 e. The van der Waals surface area contributed by atoms with Gasteiger partial charge in [0.1, 0.15) is 5.75 Å². The van der Waals surface area contributed by atoms with Crippen LogP contribution in [-0.2, 0) is 6.42 Å². The van der Waals surface area contributed by atoms with Gasteiger partial charge >= 0.3 is 0 Å². The van der Waals surface area contributed by atoms with E-state index in [9.17, 15) is 0 Å². The fourth-order valence-electron chi connectivity index (χ4n) is 2.85. The number of likely N-dealkylation sites (N-methyl/N-ethyl adjacent to an activating group) is 1. The van der Waals surface area contributed by atoms with Gasteiger partial charge in [0.2, 0.25) is 0 Å². The molecule has 21 heavy (non-hydrogen) atoms. The van der Waals surface area contributed by atoms with Crippen LogP contribution in [0.4, 0.5) is 0 Å². The molecule has 0 amide bonds. The van der Waals surface area contributed by atoms with Gasteiger partial charge in [-0.15, -0.1) is 0 Å². The van der Waals surface area contributed by atoms with Crippen LogP contribution in [0.2, 0.25) is 0 Å². The van der Waals surface area contributed by atoms with Gasteiger partial charge in [-0.2, -0.15) is 0 Å². The summed E-state index contributed by atoms with van der Waals surface area (Å²) >= 11 is 0. The fraction of sp³-hybridized carbons (Fsp3) is 0.684. The number of hydrogen-bond acceptors (Lipinski definition) is 2. The van der Waals surface area contributed by atoms with Gasteiger partial charge in [0.25, 0.3) is 0 Å². The highest BCUT2D eigenvalue weighted by atomic mass is 16.5. The Morgan fingerprint density at radius 1 is 1.10 bits per heavy atom. The van der Waals surface area contributed by atoms with Crippen LogP contribution in [0.1, 0.15) is 63.0 Å². The summed E-state index contributed by atoms with van der Waals surface area (Å²) in [6.45, 7) is 4.41. The number of rotatable bonds is 11. The third kappa shape index (κ3) is 6.99. The topological polar surface area (TPSA) is 21.3 Å². The van der Waals surface area contributed by atoms with Gasteiger partial charge in [0, 0.05) is 6.04 Å². The average Bonchev–Trinajstić information content (AvgIpc) is 2.49. The second kappa shape index (κ2) is 10.7. The Morgan fingerprint density at radius 3 is 2.48 bits per heavy atom. The van der Waals surface area contributed by atoms with E-state index in [4.69, 9.17) is 4.74 Å². The predicted molar refractivity (Wildman–Crippen MR) is 92.3 cm³/mol. The molecule has 120 valence electrons. The summed E-state index contributed by atoms with van der Waals surface area (Å²) in [5.74, 6) is 1.02. The van der Waals surface area contributed by atoms with Crippen LogP contribution in [0.15, 0.2) is 18.2 Å². The van der Waals surface area contributed by atoms with E-state index in [2.05, 4.69) is 44.4 Å². The average molecular weight is 291 g/mol. The van der Waals surface area contributed by atoms with Crippen LogP contribution in [-0.4, -0.2) is 20.2 Å². The molecule has 0 aliphatic rings. The molecule has 0 aromatic heterocycles. The van der Waals surface area contributed by atoms with Gasteiger partial charge in [-0.05, 0) is 38.4 Å². The molecule has 0 spiro atoms. The first-order valence-electron chi connectivity index (χ1n) is 8.52. The van der Waals surface area contributed by atoms with E-state index in [0.29, 0.717) is 6.04 Å². The maximum Gasteiger partial charge on any atom is 0.122 e. The first kappa shape index (κ1) is 18.0. The Hall–Kier alpha value is -1.02. The lowest BCUT2D eigenvalue weighted by molar-refractivity contribution is 0.403. The van der Waals surface area contributed by atoms with Gasteiger partial charge in [-0.3, -0.25) is 0 Å². The van der Waals surface area contributed by atoms with E-state index in [1.807, 2.05) is 0 Å². The molecule has 1 aromatic carbocycles. The monoisotopic (exact) mass is 291 g/mol. The van der Waals surface area contributed by atoms with Crippen molar-refractivity contribution in [2.75, 3.05) is 14.2 Å². The van der Waals surface area contributed by atoms with E-state index in [-0.39, 0.29) is 0 Å². The van der Waals surface area contributed by atoms with E-state index in [1.54, 1.807) is 7.11 Å². The van der Waals surface area contributed by atoms with Crippen molar-refractivity contribution in [2.45, 2.75) is 71.3 Å². The number of methoxy groups -OCH3 is 1. The van der Waals surface area contributed by atoms with Gasteiger partial charge in [-0.25, -0.2) is 0 Å². The van der Waals surface area contributed by atoms with E-state index in [1.165, 1.54) is 56.1 Å². The Kier molecular flexibility index (Phi) is 9.16. The fourth-order valence-corrected chi connectivity index (χ4v) is 2.85. The van der Waals surface area contributed by atoms with Gasteiger partial charge in [0.15, 0.2) is 0 Å². The quantitative estimate of drug-likeness (QED) is 0.586. The Bertz CT molecular complexity index is 389. The second-order valence-corrected chi connectivity index (χ2v) is 6.06. The highest BCUT2D eigenvalue weighted by molar-refractivity contribution is 5.37. The lowest BCUT2D eigenvalue weighted by Gasteiger charge is -2.18. The van der Waals surface area contributed by atoms with Gasteiger partial charge < -0.3 is 10.1 Å². The zero-order valence-corrected chi connectivity index (χ0v) is 14.4. The van der Waals surface area contributed by atoms with Crippen LogP contribution in [0.25, 0.3) is 0 Å². The summed E-state index contributed by atoms with van der Waals surface area (Å²) in [4.78, 5) is 0. The molecule has 0 saturated carbocycles. The summed E-state index contributed by atoms with van der Waals surface area (Å²) in [5.41, 5.74) is 2.63. The first-order valence-corrected chi connectivity index (χ1v) is 8.52. The SMILES string of the molecule is CCCCCCCCC(Cc1cc(C)ccc1OC)NC. The zero-order valence-electron chi connectivity index (χ0n) is 14.4. The minimum Gasteiger partial charge on any atom is -0.496 e. The summed E-state index contributed by atoms with van der Waals surface area (Å²) in [6, 6.07) is 7.00. The largest absolute Gasteiger partial charge is 0.496 e. The number of benzene rings is 1. The molecule has 2 nitrogen and oxygen atoms in total. The third-order valence-electron chi connectivity index (χ3n) is 4.22. The van der Waals surface area contributed by atoms with E-state index < -0.39 is 0 Å². The summed E-state index contributed by atoms with van der Waals surface area (Å²) in [6.07, 6.45) is 10.5. The molecule has 1 rings (SSSR count). The van der Waals surface area contributed by atoms with Crippen molar-refractivity contribution in [3.8, 4) is 5.75 Å². The van der Waals surface area contributed by atoms with Crippen molar-refractivity contribution in [2.24, 2.45) is 0 Å². The van der Waals surface area contributed by atoms with Crippen LogP contribution in [0, 0.1) is 6.92 Å². The highest BCUT2D eigenvalue weighted by Crippen LogP contribution is 2.22. The normalized spacial score (nSPS) is 12.4. The molecular weight excluding hydrogens is 258 g/mol. The number of nitrogens with one attached hydrogen (secondary N) is 1. The van der Waals surface area contributed by atoms with Crippen molar-refractivity contribution >= 4 is 0 Å². The second-order valence-electron chi connectivity index (χ2n) is 6.06. The zero-order chi connectivity index (χ0) is 15.5. The Labute approximate surface area is 131 Å². The molecule has 0 radical (unpaired) electrons.